The summed E-state index contributed by atoms with van der Waals surface area (Å²) in [5, 5.41) is 5.06. The predicted octanol–water partition coefficient (Wildman–Crippen LogP) is -0.347. The van der Waals surface area contributed by atoms with Crippen LogP contribution in [-0.2, 0) is 4.79 Å². The van der Waals surface area contributed by atoms with E-state index in [-0.39, 0.29) is 11.4 Å². The van der Waals surface area contributed by atoms with Gasteiger partial charge in [-0.1, -0.05) is 0 Å². The summed E-state index contributed by atoms with van der Waals surface area (Å²) in [7, 11) is 1.62. The number of Topliss-reactive ketones (excluding diaryl/α,β-unsaturated/α-hetero) is 1. The zero-order chi connectivity index (χ0) is 9.42. The molecule has 0 spiro atoms. The molecular formula is C7H6N4O2. The minimum absolute atomic E-state index is 0.218. The van der Waals surface area contributed by atoms with Gasteiger partial charge in [-0.05, 0) is 0 Å². The molecule has 0 unspecified atom stereocenters. The summed E-state index contributed by atoms with van der Waals surface area (Å²) in [4.78, 5) is 29.8. The minimum atomic E-state index is -0.660. The van der Waals surface area contributed by atoms with Crippen molar-refractivity contribution in [2.75, 3.05) is 17.7 Å². The molecule has 0 atom stereocenters. The first kappa shape index (κ1) is 7.66. The number of nitrogens with zero attached hydrogens (tertiary/aromatic N) is 2. The van der Waals surface area contributed by atoms with E-state index in [4.69, 9.17) is 0 Å². The van der Waals surface area contributed by atoms with Crippen molar-refractivity contribution in [3.8, 4) is 0 Å². The van der Waals surface area contributed by atoms with Crippen LogP contribution in [0.15, 0.2) is 6.33 Å². The Morgan fingerprint density at radius 3 is 2.85 bits per heavy atom. The van der Waals surface area contributed by atoms with Crippen molar-refractivity contribution < 1.29 is 9.59 Å². The van der Waals surface area contributed by atoms with Gasteiger partial charge in [0.15, 0.2) is 0 Å². The lowest BCUT2D eigenvalue weighted by Gasteiger charge is -2.01. The van der Waals surface area contributed by atoms with Crippen LogP contribution < -0.4 is 10.6 Å². The molecule has 0 fully saturated rings. The van der Waals surface area contributed by atoms with E-state index < -0.39 is 11.7 Å². The minimum Gasteiger partial charge on any atom is -0.372 e. The van der Waals surface area contributed by atoms with Crippen LogP contribution in [0.3, 0.4) is 0 Å². The topological polar surface area (TPSA) is 84.0 Å². The molecule has 1 aromatic heterocycles. The van der Waals surface area contributed by atoms with E-state index in [9.17, 15) is 9.59 Å². The van der Waals surface area contributed by atoms with Crippen molar-refractivity contribution >= 4 is 23.3 Å². The molecule has 6 nitrogen and oxygen atoms in total. The normalized spacial score (nSPS) is 13.9. The van der Waals surface area contributed by atoms with Gasteiger partial charge in [-0.15, -0.1) is 0 Å². The first-order valence-corrected chi connectivity index (χ1v) is 3.62. The second-order valence-corrected chi connectivity index (χ2v) is 2.48. The number of carbonyl (C=O) groups excluding carboxylic acids is 2. The predicted molar refractivity (Wildman–Crippen MR) is 44.5 cm³/mol. The highest BCUT2D eigenvalue weighted by atomic mass is 16.2. The van der Waals surface area contributed by atoms with Crippen LogP contribution in [0.25, 0.3) is 0 Å². The van der Waals surface area contributed by atoms with Gasteiger partial charge in [-0.25, -0.2) is 9.97 Å². The molecule has 0 saturated heterocycles. The highest BCUT2D eigenvalue weighted by Gasteiger charge is 2.32. The molecule has 66 valence electrons. The Kier molecular flexibility index (Phi) is 1.48. The average molecular weight is 178 g/mol. The lowest BCUT2D eigenvalue weighted by molar-refractivity contribution is -0.112. The highest BCUT2D eigenvalue weighted by Crippen LogP contribution is 2.24. The molecule has 0 saturated carbocycles. The van der Waals surface area contributed by atoms with Crippen LogP contribution >= 0.6 is 0 Å². The SMILES string of the molecule is CNc1ncnc2c1C(=O)C(=O)N2. The van der Waals surface area contributed by atoms with Crippen LogP contribution in [0.5, 0.6) is 0 Å². The van der Waals surface area contributed by atoms with Crippen molar-refractivity contribution in [1.82, 2.24) is 9.97 Å². The summed E-state index contributed by atoms with van der Waals surface area (Å²) in [6.07, 6.45) is 1.28. The Labute approximate surface area is 73.4 Å². The molecule has 0 aromatic carbocycles. The largest absolute Gasteiger partial charge is 0.372 e. The third-order valence-electron chi connectivity index (χ3n) is 1.75. The van der Waals surface area contributed by atoms with Gasteiger partial charge in [0.2, 0.25) is 0 Å². The standard InChI is InChI=1S/C7H6N4O2/c1-8-5-3-4(12)7(13)11-6(3)10-2-9-5/h2H,1H3,(H2,8,9,10,11,12,13). The highest BCUT2D eigenvalue weighted by molar-refractivity contribution is 6.52. The zero-order valence-corrected chi connectivity index (χ0v) is 6.79. The molecule has 0 bridgehead atoms. The van der Waals surface area contributed by atoms with Crippen molar-refractivity contribution in [1.29, 1.82) is 0 Å². The third kappa shape index (κ3) is 0.952. The second kappa shape index (κ2) is 2.51. The van der Waals surface area contributed by atoms with Crippen LogP contribution in [0, 0.1) is 0 Å². The zero-order valence-electron chi connectivity index (χ0n) is 6.79. The number of anilines is 2. The van der Waals surface area contributed by atoms with E-state index in [0.717, 1.165) is 0 Å². The Hall–Kier alpha value is -1.98. The van der Waals surface area contributed by atoms with Crippen LogP contribution in [0.1, 0.15) is 10.4 Å². The molecule has 1 aliphatic heterocycles. The molecule has 2 N–H and O–H groups in total. The van der Waals surface area contributed by atoms with Gasteiger partial charge in [0.25, 0.3) is 11.7 Å². The van der Waals surface area contributed by atoms with Gasteiger partial charge in [0.1, 0.15) is 23.5 Å². The number of aromatic nitrogens is 2. The fourth-order valence-electron chi connectivity index (χ4n) is 1.16. The number of hydrogen-bond donors (Lipinski definition) is 2. The fourth-order valence-corrected chi connectivity index (χ4v) is 1.16. The smallest absolute Gasteiger partial charge is 0.298 e. The summed E-state index contributed by atoms with van der Waals surface area (Å²) < 4.78 is 0. The lowest BCUT2D eigenvalue weighted by Crippen LogP contribution is -2.13. The first-order valence-electron chi connectivity index (χ1n) is 3.62. The quantitative estimate of drug-likeness (QED) is 0.574. The molecule has 1 aliphatic rings. The molecule has 2 heterocycles. The van der Waals surface area contributed by atoms with E-state index in [0.29, 0.717) is 5.82 Å². The number of amides is 1. The number of nitrogens with one attached hydrogen (secondary N) is 2. The number of rotatable bonds is 1. The lowest BCUT2D eigenvalue weighted by atomic mass is 10.2. The molecule has 0 aliphatic carbocycles. The van der Waals surface area contributed by atoms with Gasteiger partial charge >= 0.3 is 0 Å². The summed E-state index contributed by atoms with van der Waals surface area (Å²) >= 11 is 0. The number of fused-ring (bicyclic) bond motifs is 1. The van der Waals surface area contributed by atoms with Gasteiger partial charge in [0, 0.05) is 7.05 Å². The number of ketones is 1. The molecule has 13 heavy (non-hydrogen) atoms. The second-order valence-electron chi connectivity index (χ2n) is 2.48. The summed E-state index contributed by atoms with van der Waals surface area (Å²) in [5.74, 6) is -0.616. The Morgan fingerprint density at radius 2 is 2.15 bits per heavy atom. The Balaban J connectivity index is 2.64. The molecule has 0 radical (unpaired) electrons. The fraction of sp³-hybridized carbons (Fsp3) is 0.143. The van der Waals surface area contributed by atoms with Crippen molar-refractivity contribution in [3.05, 3.63) is 11.9 Å². The number of carbonyl (C=O) groups is 2. The molecule has 1 aromatic rings. The van der Waals surface area contributed by atoms with E-state index >= 15 is 0 Å². The van der Waals surface area contributed by atoms with Crippen molar-refractivity contribution in [2.24, 2.45) is 0 Å². The first-order chi connectivity index (χ1) is 6.24. The Morgan fingerprint density at radius 1 is 1.38 bits per heavy atom. The summed E-state index contributed by atoms with van der Waals surface area (Å²) in [5.41, 5.74) is 0.218. The van der Waals surface area contributed by atoms with Crippen LogP contribution in [-0.4, -0.2) is 28.7 Å². The third-order valence-corrected chi connectivity index (χ3v) is 1.75. The summed E-state index contributed by atoms with van der Waals surface area (Å²) in [6, 6.07) is 0. The van der Waals surface area contributed by atoms with E-state index in [1.807, 2.05) is 0 Å². The van der Waals surface area contributed by atoms with Gasteiger partial charge in [0.05, 0.1) is 0 Å². The van der Waals surface area contributed by atoms with Gasteiger partial charge in [-0.2, -0.15) is 0 Å². The molecule has 1 amide bonds. The van der Waals surface area contributed by atoms with Crippen molar-refractivity contribution in [2.45, 2.75) is 0 Å². The number of hydrogen-bond acceptors (Lipinski definition) is 5. The average Bonchev–Trinajstić information content (AvgIpc) is 2.43. The monoisotopic (exact) mass is 178 g/mol. The van der Waals surface area contributed by atoms with E-state index in [2.05, 4.69) is 20.6 Å². The molecule has 6 heteroatoms. The van der Waals surface area contributed by atoms with E-state index in [1.54, 1.807) is 7.05 Å². The summed E-state index contributed by atoms with van der Waals surface area (Å²) in [6.45, 7) is 0. The van der Waals surface area contributed by atoms with Crippen LogP contribution in [0.4, 0.5) is 11.6 Å². The van der Waals surface area contributed by atoms with E-state index in [1.165, 1.54) is 6.33 Å². The van der Waals surface area contributed by atoms with Gasteiger partial charge in [-0.3, -0.25) is 9.59 Å². The maximum Gasteiger partial charge on any atom is 0.298 e. The molecular weight excluding hydrogens is 172 g/mol. The van der Waals surface area contributed by atoms with Crippen molar-refractivity contribution in [3.63, 3.8) is 0 Å². The maximum atomic E-state index is 11.2. The Bertz CT molecular complexity index is 401. The van der Waals surface area contributed by atoms with Crippen LogP contribution in [0.2, 0.25) is 0 Å². The maximum absolute atomic E-state index is 11.2. The molecule has 2 rings (SSSR count). The van der Waals surface area contributed by atoms with Gasteiger partial charge < -0.3 is 10.6 Å².